The van der Waals surface area contributed by atoms with E-state index in [1.165, 1.54) is 56.4 Å². The lowest BCUT2D eigenvalue weighted by Crippen LogP contribution is -2.30. The lowest BCUT2D eigenvalue weighted by molar-refractivity contribution is 0.331. The van der Waals surface area contributed by atoms with Gasteiger partial charge in [0, 0.05) is 18.3 Å². The summed E-state index contributed by atoms with van der Waals surface area (Å²) in [5.74, 6) is 0. The Morgan fingerprint density at radius 3 is 2.40 bits per heavy atom. The van der Waals surface area contributed by atoms with Crippen LogP contribution in [0.25, 0.3) is 0 Å². The molecule has 1 saturated carbocycles. The molecule has 1 aliphatic heterocycles. The second kappa shape index (κ2) is 5.77. The summed E-state index contributed by atoms with van der Waals surface area (Å²) in [5.41, 5.74) is 3.17. The Hall–Kier alpha value is -1.02. The van der Waals surface area contributed by atoms with Gasteiger partial charge in [0.1, 0.15) is 0 Å². The first-order valence-corrected chi connectivity index (χ1v) is 8.21. The predicted molar refractivity (Wildman–Crippen MR) is 86.0 cm³/mol. The molecule has 20 heavy (non-hydrogen) atoms. The zero-order valence-electron chi connectivity index (χ0n) is 13.0. The van der Waals surface area contributed by atoms with Gasteiger partial charge in [-0.15, -0.1) is 0 Å². The molecule has 2 heteroatoms. The van der Waals surface area contributed by atoms with Crippen molar-refractivity contribution in [1.82, 2.24) is 4.90 Å². The standard InChI is InChI=1S/C18H28N2/c1-18(2)11-5-6-17(18)19-16-9-7-15(8-10-16)14-20-12-3-4-13-20/h7-10,17,19H,3-6,11-14H2,1-2H3. The van der Waals surface area contributed by atoms with Gasteiger partial charge in [0.25, 0.3) is 0 Å². The summed E-state index contributed by atoms with van der Waals surface area (Å²) >= 11 is 0. The summed E-state index contributed by atoms with van der Waals surface area (Å²) in [5, 5.41) is 3.74. The van der Waals surface area contributed by atoms with Gasteiger partial charge < -0.3 is 5.32 Å². The number of benzene rings is 1. The molecule has 0 bridgehead atoms. The van der Waals surface area contributed by atoms with E-state index in [0.29, 0.717) is 11.5 Å². The van der Waals surface area contributed by atoms with E-state index in [-0.39, 0.29) is 0 Å². The lowest BCUT2D eigenvalue weighted by Gasteiger charge is -2.28. The fourth-order valence-corrected chi connectivity index (χ4v) is 3.70. The van der Waals surface area contributed by atoms with E-state index in [9.17, 15) is 0 Å². The molecule has 0 spiro atoms. The van der Waals surface area contributed by atoms with E-state index in [1.807, 2.05) is 0 Å². The Bertz CT molecular complexity index is 429. The van der Waals surface area contributed by atoms with Crippen LogP contribution in [-0.2, 0) is 6.54 Å². The maximum Gasteiger partial charge on any atom is 0.0342 e. The molecule has 1 heterocycles. The molecular weight excluding hydrogens is 244 g/mol. The van der Waals surface area contributed by atoms with Crippen LogP contribution < -0.4 is 5.32 Å². The largest absolute Gasteiger partial charge is 0.382 e. The highest BCUT2D eigenvalue weighted by Gasteiger charge is 2.34. The molecule has 0 aromatic heterocycles. The first-order valence-electron chi connectivity index (χ1n) is 8.21. The van der Waals surface area contributed by atoms with Crippen molar-refractivity contribution in [3.05, 3.63) is 29.8 Å². The van der Waals surface area contributed by atoms with Gasteiger partial charge >= 0.3 is 0 Å². The fraction of sp³-hybridized carbons (Fsp3) is 0.667. The number of rotatable bonds is 4. The average Bonchev–Trinajstić information content (AvgIpc) is 3.03. The van der Waals surface area contributed by atoms with E-state index < -0.39 is 0 Å². The number of likely N-dealkylation sites (tertiary alicyclic amines) is 1. The molecular formula is C18H28N2. The molecule has 1 N–H and O–H groups in total. The summed E-state index contributed by atoms with van der Waals surface area (Å²) in [6.07, 6.45) is 6.75. The Morgan fingerprint density at radius 2 is 1.80 bits per heavy atom. The van der Waals surface area contributed by atoms with E-state index >= 15 is 0 Å². The quantitative estimate of drug-likeness (QED) is 0.880. The zero-order chi connectivity index (χ0) is 14.0. The summed E-state index contributed by atoms with van der Waals surface area (Å²) < 4.78 is 0. The lowest BCUT2D eigenvalue weighted by atomic mass is 9.87. The highest BCUT2D eigenvalue weighted by Crippen LogP contribution is 2.39. The first kappa shape index (κ1) is 13.9. The molecule has 1 aliphatic carbocycles. The second-order valence-corrected chi connectivity index (χ2v) is 7.26. The third kappa shape index (κ3) is 3.17. The highest BCUT2D eigenvalue weighted by molar-refractivity contribution is 5.46. The minimum Gasteiger partial charge on any atom is -0.382 e. The Balaban J connectivity index is 1.58. The van der Waals surface area contributed by atoms with Crippen molar-refractivity contribution in [1.29, 1.82) is 0 Å². The second-order valence-electron chi connectivity index (χ2n) is 7.26. The monoisotopic (exact) mass is 272 g/mol. The Kier molecular flexibility index (Phi) is 4.02. The molecule has 1 saturated heterocycles. The van der Waals surface area contributed by atoms with Crippen molar-refractivity contribution in [2.24, 2.45) is 5.41 Å². The van der Waals surface area contributed by atoms with Crippen LogP contribution >= 0.6 is 0 Å². The molecule has 1 aromatic rings. The molecule has 2 aliphatic rings. The number of nitrogens with zero attached hydrogens (tertiary/aromatic N) is 1. The molecule has 1 aromatic carbocycles. The van der Waals surface area contributed by atoms with Crippen LogP contribution in [0.5, 0.6) is 0 Å². The third-order valence-electron chi connectivity index (χ3n) is 5.16. The van der Waals surface area contributed by atoms with Crippen LogP contribution in [0.1, 0.15) is 51.5 Å². The van der Waals surface area contributed by atoms with Crippen LogP contribution in [0, 0.1) is 5.41 Å². The molecule has 3 rings (SSSR count). The minimum absolute atomic E-state index is 0.439. The molecule has 1 atom stereocenters. The van der Waals surface area contributed by atoms with Crippen LogP contribution in [0.2, 0.25) is 0 Å². The van der Waals surface area contributed by atoms with Gasteiger partial charge in [0.2, 0.25) is 0 Å². The topological polar surface area (TPSA) is 15.3 Å². The molecule has 1 unspecified atom stereocenters. The van der Waals surface area contributed by atoms with Crippen molar-refractivity contribution in [3.8, 4) is 0 Å². The number of nitrogens with one attached hydrogen (secondary N) is 1. The maximum atomic E-state index is 3.74. The Morgan fingerprint density at radius 1 is 1.10 bits per heavy atom. The van der Waals surface area contributed by atoms with Crippen LogP contribution in [0.4, 0.5) is 5.69 Å². The van der Waals surface area contributed by atoms with Gasteiger partial charge in [-0.2, -0.15) is 0 Å². The predicted octanol–water partition coefficient (Wildman–Crippen LogP) is 4.27. The van der Waals surface area contributed by atoms with Crippen LogP contribution in [0.3, 0.4) is 0 Å². The van der Waals surface area contributed by atoms with Crippen molar-refractivity contribution in [3.63, 3.8) is 0 Å². The van der Waals surface area contributed by atoms with Crippen molar-refractivity contribution < 1.29 is 0 Å². The van der Waals surface area contributed by atoms with E-state index in [0.717, 1.165) is 6.54 Å². The van der Waals surface area contributed by atoms with Crippen LogP contribution in [0.15, 0.2) is 24.3 Å². The number of anilines is 1. The van der Waals surface area contributed by atoms with Crippen molar-refractivity contribution in [2.45, 2.75) is 58.5 Å². The highest BCUT2D eigenvalue weighted by atomic mass is 15.1. The fourth-order valence-electron chi connectivity index (χ4n) is 3.70. The van der Waals surface area contributed by atoms with Gasteiger partial charge in [-0.05, 0) is 61.9 Å². The van der Waals surface area contributed by atoms with Crippen molar-refractivity contribution >= 4 is 5.69 Å². The van der Waals surface area contributed by atoms with Gasteiger partial charge in [-0.1, -0.05) is 32.4 Å². The summed E-state index contributed by atoms with van der Waals surface area (Å²) in [6.45, 7) is 8.44. The zero-order valence-corrected chi connectivity index (χ0v) is 13.0. The van der Waals surface area contributed by atoms with E-state index in [4.69, 9.17) is 0 Å². The number of hydrogen-bond donors (Lipinski definition) is 1. The maximum absolute atomic E-state index is 3.74. The van der Waals surface area contributed by atoms with Gasteiger partial charge in [-0.3, -0.25) is 4.90 Å². The van der Waals surface area contributed by atoms with Gasteiger partial charge in [0.15, 0.2) is 0 Å². The molecule has 2 fully saturated rings. The first-order chi connectivity index (χ1) is 9.63. The SMILES string of the molecule is CC1(C)CCCC1Nc1ccc(CN2CCCC2)cc1. The van der Waals surface area contributed by atoms with Crippen molar-refractivity contribution in [2.75, 3.05) is 18.4 Å². The smallest absolute Gasteiger partial charge is 0.0342 e. The van der Waals surface area contributed by atoms with Gasteiger partial charge in [-0.25, -0.2) is 0 Å². The average molecular weight is 272 g/mol. The summed E-state index contributed by atoms with van der Waals surface area (Å²) in [7, 11) is 0. The van der Waals surface area contributed by atoms with Crippen LogP contribution in [-0.4, -0.2) is 24.0 Å². The summed E-state index contributed by atoms with van der Waals surface area (Å²) in [6, 6.07) is 9.75. The Labute approximate surface area is 123 Å². The molecule has 0 radical (unpaired) electrons. The molecule has 2 nitrogen and oxygen atoms in total. The van der Waals surface area contributed by atoms with E-state index in [2.05, 4.69) is 48.3 Å². The van der Waals surface area contributed by atoms with Gasteiger partial charge in [0.05, 0.1) is 0 Å². The minimum atomic E-state index is 0.439. The summed E-state index contributed by atoms with van der Waals surface area (Å²) in [4.78, 5) is 2.56. The number of hydrogen-bond acceptors (Lipinski definition) is 2. The molecule has 110 valence electrons. The third-order valence-corrected chi connectivity index (χ3v) is 5.16. The normalized spacial score (nSPS) is 26.0. The molecule has 0 amide bonds. The van der Waals surface area contributed by atoms with E-state index in [1.54, 1.807) is 0 Å².